The molecular formula is C31H26N6O2S. The number of hydrogen-bond donors (Lipinski definition) is 2. The van der Waals surface area contributed by atoms with Gasteiger partial charge in [-0.25, -0.2) is 10.0 Å². The van der Waals surface area contributed by atoms with Crippen molar-refractivity contribution in [1.29, 1.82) is 0 Å². The third-order valence-corrected chi connectivity index (χ3v) is 6.32. The van der Waals surface area contributed by atoms with E-state index in [-0.39, 0.29) is 5.69 Å². The number of nitrogens with one attached hydrogen (secondary N) is 2. The molecule has 0 saturated carbocycles. The first-order chi connectivity index (χ1) is 19.5. The Bertz CT molecular complexity index is 1620. The van der Waals surface area contributed by atoms with E-state index in [1.807, 2.05) is 103 Å². The number of thiocarbonyl (C=S) groups is 1. The van der Waals surface area contributed by atoms with Crippen molar-refractivity contribution in [2.45, 2.75) is 6.92 Å². The number of rotatable bonds is 7. The summed E-state index contributed by atoms with van der Waals surface area (Å²) in [5, 5.41) is 24.9. The number of hydrogen-bond acceptors (Lipinski definition) is 5. The van der Waals surface area contributed by atoms with Gasteiger partial charge in [-0.15, -0.1) is 0 Å². The van der Waals surface area contributed by atoms with Crippen LogP contribution in [-0.2, 0) is 0 Å². The van der Waals surface area contributed by atoms with Gasteiger partial charge in [-0.2, -0.15) is 5.10 Å². The number of hydrazone groups is 1. The van der Waals surface area contributed by atoms with Gasteiger partial charge in [-0.05, 0) is 67.2 Å². The van der Waals surface area contributed by atoms with Gasteiger partial charge in [-0.3, -0.25) is 10.1 Å². The molecule has 9 heteroatoms. The minimum absolute atomic E-state index is 0.0296. The molecule has 0 saturated heterocycles. The quantitative estimate of drug-likeness (QED) is 0.148. The van der Waals surface area contributed by atoms with Crippen LogP contribution < -0.4 is 15.6 Å². The zero-order chi connectivity index (χ0) is 27.9. The maximum atomic E-state index is 11.2. The summed E-state index contributed by atoms with van der Waals surface area (Å²) in [6.07, 6.45) is 1.96. The van der Waals surface area contributed by atoms with Crippen LogP contribution in [0.2, 0.25) is 0 Å². The van der Waals surface area contributed by atoms with Crippen LogP contribution in [0, 0.1) is 10.1 Å². The summed E-state index contributed by atoms with van der Waals surface area (Å²) < 4.78 is 0. The minimum Gasteiger partial charge on any atom is -0.363 e. The molecule has 4 aromatic rings. The molecule has 8 nitrogen and oxygen atoms in total. The highest BCUT2D eigenvalue weighted by molar-refractivity contribution is 7.80. The number of aliphatic imine (C=N–C) groups is 1. The number of anilines is 2. The highest BCUT2D eigenvalue weighted by Gasteiger charge is 2.30. The second kappa shape index (κ2) is 12.1. The summed E-state index contributed by atoms with van der Waals surface area (Å²) in [5.41, 5.74) is 5.50. The number of nitro benzene ring substituents is 1. The third kappa shape index (κ3) is 5.95. The normalized spacial score (nSPS) is 14.7. The summed E-state index contributed by atoms with van der Waals surface area (Å²) in [4.78, 5) is 15.9. The second-order valence-electron chi connectivity index (χ2n) is 8.81. The molecule has 0 spiro atoms. The van der Waals surface area contributed by atoms with Crippen molar-refractivity contribution in [3.05, 3.63) is 136 Å². The van der Waals surface area contributed by atoms with Crippen LogP contribution in [0.15, 0.2) is 125 Å². The average Bonchev–Trinajstić information content (AvgIpc) is 3.33. The molecule has 1 heterocycles. The fourth-order valence-corrected chi connectivity index (χ4v) is 4.45. The molecule has 4 aromatic carbocycles. The lowest BCUT2D eigenvalue weighted by Gasteiger charge is -2.17. The summed E-state index contributed by atoms with van der Waals surface area (Å²) in [6.45, 7) is 2.68. The largest absolute Gasteiger partial charge is 0.363 e. The maximum absolute atomic E-state index is 11.2. The third-order valence-electron chi connectivity index (χ3n) is 6.08. The van der Waals surface area contributed by atoms with Crippen molar-refractivity contribution in [1.82, 2.24) is 5.32 Å². The van der Waals surface area contributed by atoms with Crippen molar-refractivity contribution in [2.75, 3.05) is 16.9 Å². The molecular weight excluding hydrogens is 520 g/mol. The lowest BCUT2D eigenvalue weighted by atomic mass is 9.99. The molecule has 40 heavy (non-hydrogen) atoms. The predicted molar refractivity (Wildman–Crippen MR) is 166 cm³/mol. The van der Waals surface area contributed by atoms with E-state index in [1.165, 1.54) is 12.1 Å². The molecule has 1 aliphatic rings. The van der Waals surface area contributed by atoms with E-state index in [0.717, 1.165) is 33.8 Å². The number of non-ortho nitro benzene ring substituents is 1. The number of nitro groups is 1. The summed E-state index contributed by atoms with van der Waals surface area (Å²) in [5.74, 6) is 0.604. The smallest absolute Gasteiger partial charge is 0.269 e. The van der Waals surface area contributed by atoms with Gasteiger partial charge in [-0.1, -0.05) is 60.7 Å². The Morgan fingerprint density at radius 3 is 2.27 bits per heavy atom. The van der Waals surface area contributed by atoms with E-state index in [9.17, 15) is 10.1 Å². The molecule has 0 unspecified atom stereocenters. The number of amidine groups is 1. The number of benzene rings is 4. The van der Waals surface area contributed by atoms with Crippen molar-refractivity contribution in [3.63, 3.8) is 0 Å². The van der Waals surface area contributed by atoms with Crippen molar-refractivity contribution >= 4 is 57.7 Å². The van der Waals surface area contributed by atoms with Gasteiger partial charge in [0.25, 0.3) is 5.69 Å². The zero-order valence-electron chi connectivity index (χ0n) is 21.7. The first kappa shape index (κ1) is 26.5. The molecule has 0 fully saturated rings. The van der Waals surface area contributed by atoms with Crippen molar-refractivity contribution < 1.29 is 4.92 Å². The average molecular weight is 547 g/mol. The molecule has 0 bridgehead atoms. The standard InChI is InChI=1S/C31H26N6O2S/c1-2-32-31(40)34-28-16-10-9-15-27(28)33-30-26(21-22-17-19-25(20-18-22)37(38)39)29(23-11-5-3-6-12-23)35-36(30)24-13-7-4-8-14-24/h3-21H,2H2,1H3,(H2,32,34,40)/b26-21-,33-30?. The first-order valence-electron chi connectivity index (χ1n) is 12.7. The SMILES string of the molecule is CCNC(=S)Nc1ccccc1N=C1/C(=C\c2ccc([N+](=O)[O-])cc2)C(c2ccccc2)=NN1c1ccccc1. The molecule has 0 atom stereocenters. The van der Waals surface area contributed by atoms with E-state index in [2.05, 4.69) is 10.6 Å². The Balaban J connectivity index is 1.69. The molecule has 0 aliphatic carbocycles. The van der Waals surface area contributed by atoms with Gasteiger partial charge in [0.05, 0.1) is 22.0 Å². The van der Waals surface area contributed by atoms with Crippen molar-refractivity contribution in [2.24, 2.45) is 10.1 Å². The predicted octanol–water partition coefficient (Wildman–Crippen LogP) is 6.94. The summed E-state index contributed by atoms with van der Waals surface area (Å²) >= 11 is 5.44. The van der Waals surface area contributed by atoms with Crippen molar-refractivity contribution in [3.8, 4) is 0 Å². The van der Waals surface area contributed by atoms with Crippen LogP contribution in [0.4, 0.5) is 22.7 Å². The first-order valence-corrected chi connectivity index (χ1v) is 13.1. The van der Waals surface area contributed by atoms with Gasteiger partial charge in [0.1, 0.15) is 5.71 Å². The maximum Gasteiger partial charge on any atom is 0.269 e. The molecule has 0 amide bonds. The molecule has 198 valence electrons. The highest BCUT2D eigenvalue weighted by Crippen LogP contribution is 2.33. The molecule has 2 N–H and O–H groups in total. The van der Waals surface area contributed by atoms with Gasteiger partial charge >= 0.3 is 0 Å². The molecule has 0 radical (unpaired) electrons. The van der Waals surface area contributed by atoms with E-state index < -0.39 is 4.92 Å². The Morgan fingerprint density at radius 2 is 1.60 bits per heavy atom. The second-order valence-corrected chi connectivity index (χ2v) is 9.21. The lowest BCUT2D eigenvalue weighted by Crippen LogP contribution is -2.28. The zero-order valence-corrected chi connectivity index (χ0v) is 22.5. The fourth-order valence-electron chi connectivity index (χ4n) is 4.20. The van der Waals surface area contributed by atoms with E-state index >= 15 is 0 Å². The topological polar surface area (TPSA) is 95.2 Å². The van der Waals surface area contributed by atoms with Gasteiger partial charge in [0.15, 0.2) is 10.9 Å². The van der Waals surface area contributed by atoms with Gasteiger partial charge in [0.2, 0.25) is 0 Å². The van der Waals surface area contributed by atoms with E-state index in [0.29, 0.717) is 23.2 Å². The lowest BCUT2D eigenvalue weighted by molar-refractivity contribution is -0.384. The van der Waals surface area contributed by atoms with Gasteiger partial charge in [0, 0.05) is 29.8 Å². The van der Waals surface area contributed by atoms with Crippen LogP contribution in [0.1, 0.15) is 18.1 Å². The van der Waals surface area contributed by atoms with Crippen LogP contribution in [0.25, 0.3) is 6.08 Å². The Labute approximate surface area is 237 Å². The van der Waals surface area contributed by atoms with Crippen LogP contribution >= 0.6 is 12.2 Å². The monoisotopic (exact) mass is 546 g/mol. The number of para-hydroxylation sites is 3. The Kier molecular flexibility index (Phi) is 8.03. The summed E-state index contributed by atoms with van der Waals surface area (Å²) in [7, 11) is 0. The molecule has 0 aromatic heterocycles. The Hall–Kier alpha value is -5.15. The van der Waals surface area contributed by atoms with Crippen LogP contribution in [0.3, 0.4) is 0 Å². The van der Waals surface area contributed by atoms with Crippen LogP contribution in [-0.4, -0.2) is 28.1 Å². The number of nitrogens with zero attached hydrogens (tertiary/aromatic N) is 4. The Morgan fingerprint density at radius 1 is 0.950 bits per heavy atom. The highest BCUT2D eigenvalue weighted by atomic mass is 32.1. The summed E-state index contributed by atoms with van der Waals surface area (Å²) in [6, 6.07) is 33.8. The minimum atomic E-state index is -0.408. The van der Waals surface area contributed by atoms with Gasteiger partial charge < -0.3 is 10.6 Å². The van der Waals surface area contributed by atoms with Crippen LogP contribution in [0.5, 0.6) is 0 Å². The fraction of sp³-hybridized carbons (Fsp3) is 0.0645. The molecule has 1 aliphatic heterocycles. The van der Waals surface area contributed by atoms with E-state index in [1.54, 1.807) is 12.1 Å². The molecule has 5 rings (SSSR count). The van der Waals surface area contributed by atoms with E-state index in [4.69, 9.17) is 22.3 Å².